The molecular formula is C33H30ClFN6O4. The second-order valence-electron chi connectivity index (χ2n) is 10.3. The van der Waals surface area contributed by atoms with Crippen LogP contribution in [0.4, 0.5) is 10.2 Å². The fourth-order valence-corrected chi connectivity index (χ4v) is 5.38. The van der Waals surface area contributed by atoms with Gasteiger partial charge in [-0.2, -0.15) is 10.5 Å². The van der Waals surface area contributed by atoms with Gasteiger partial charge in [-0.15, -0.1) is 12.4 Å². The Balaban J connectivity index is 0.00000461. The Kier molecular flexibility index (Phi) is 10.6. The van der Waals surface area contributed by atoms with Crippen molar-refractivity contribution in [2.45, 2.75) is 25.4 Å². The van der Waals surface area contributed by atoms with Crippen LogP contribution in [-0.2, 0) is 6.54 Å². The highest BCUT2D eigenvalue weighted by Gasteiger charge is 2.26. The first kappa shape index (κ1) is 32.7. The molecule has 0 aliphatic carbocycles. The van der Waals surface area contributed by atoms with Gasteiger partial charge in [-0.3, -0.25) is 10.0 Å². The molecule has 1 aromatic heterocycles. The number of ether oxygens (including phenoxy) is 1. The van der Waals surface area contributed by atoms with Gasteiger partial charge in [-0.05, 0) is 65.9 Å². The SMILES string of the molecule is COc1ccc(-c2cnc(N3CCC(NCc4ccc(C(=O)NO)cc4)CC3)c(C#N)c2-c2ccc(C#N)c(F)c2)cc1O.Cl. The predicted molar refractivity (Wildman–Crippen MR) is 168 cm³/mol. The van der Waals surface area contributed by atoms with Crippen LogP contribution in [0.1, 0.15) is 39.9 Å². The molecule has 0 spiro atoms. The van der Waals surface area contributed by atoms with Crippen LogP contribution < -0.4 is 20.4 Å². The third-order valence-electron chi connectivity index (χ3n) is 7.75. The van der Waals surface area contributed by atoms with E-state index in [-0.39, 0.29) is 41.1 Å². The van der Waals surface area contributed by atoms with Crippen molar-refractivity contribution in [1.29, 1.82) is 10.5 Å². The maximum atomic E-state index is 14.8. The summed E-state index contributed by atoms with van der Waals surface area (Å²) in [6, 6.07) is 20.3. The van der Waals surface area contributed by atoms with Crippen molar-refractivity contribution in [2.24, 2.45) is 0 Å². The number of hydrogen-bond donors (Lipinski definition) is 4. The number of aromatic nitrogens is 1. The summed E-state index contributed by atoms with van der Waals surface area (Å²) in [5.41, 5.74) is 5.08. The number of aromatic hydroxyl groups is 1. The molecule has 0 unspecified atom stereocenters. The van der Waals surface area contributed by atoms with Gasteiger partial charge in [0.1, 0.15) is 29.3 Å². The number of amides is 1. The molecule has 10 nitrogen and oxygen atoms in total. The van der Waals surface area contributed by atoms with Crippen molar-refractivity contribution in [2.75, 3.05) is 25.1 Å². The number of benzene rings is 3. The van der Waals surface area contributed by atoms with Crippen molar-refractivity contribution in [1.82, 2.24) is 15.8 Å². The normalized spacial score (nSPS) is 12.9. The molecule has 0 saturated carbocycles. The summed E-state index contributed by atoms with van der Waals surface area (Å²) in [6.45, 7) is 1.85. The lowest BCUT2D eigenvalue weighted by Gasteiger charge is -2.34. The fourth-order valence-electron chi connectivity index (χ4n) is 5.38. The number of anilines is 1. The van der Waals surface area contributed by atoms with Gasteiger partial charge in [0.25, 0.3) is 5.91 Å². The van der Waals surface area contributed by atoms with E-state index in [0.717, 1.165) is 18.4 Å². The number of nitriles is 2. The van der Waals surface area contributed by atoms with Crippen LogP contribution in [-0.4, -0.2) is 47.4 Å². The number of nitrogens with zero attached hydrogens (tertiary/aromatic N) is 4. The zero-order valence-corrected chi connectivity index (χ0v) is 25.1. The quantitative estimate of drug-likeness (QED) is 0.150. The molecule has 4 aromatic rings. The number of nitrogens with one attached hydrogen (secondary N) is 2. The summed E-state index contributed by atoms with van der Waals surface area (Å²) in [6.07, 6.45) is 3.19. The Morgan fingerprint density at radius 1 is 1.07 bits per heavy atom. The first-order valence-electron chi connectivity index (χ1n) is 13.9. The molecule has 1 saturated heterocycles. The number of hydroxylamine groups is 1. The summed E-state index contributed by atoms with van der Waals surface area (Å²) in [5, 5.41) is 42.4. The van der Waals surface area contributed by atoms with Crippen LogP contribution in [0.15, 0.2) is 66.9 Å². The highest BCUT2D eigenvalue weighted by Crippen LogP contribution is 2.41. The van der Waals surface area contributed by atoms with Gasteiger partial charge in [0.2, 0.25) is 0 Å². The highest BCUT2D eigenvalue weighted by molar-refractivity contribution is 5.93. The van der Waals surface area contributed by atoms with Gasteiger partial charge >= 0.3 is 0 Å². The second kappa shape index (κ2) is 14.5. The van der Waals surface area contributed by atoms with Crippen LogP contribution in [0.25, 0.3) is 22.3 Å². The summed E-state index contributed by atoms with van der Waals surface area (Å²) < 4.78 is 20.0. The van der Waals surface area contributed by atoms with E-state index < -0.39 is 11.7 Å². The van der Waals surface area contributed by atoms with Crippen molar-refractivity contribution >= 4 is 24.1 Å². The first-order valence-corrected chi connectivity index (χ1v) is 13.9. The zero-order valence-electron chi connectivity index (χ0n) is 24.2. The van der Waals surface area contributed by atoms with Crippen molar-refractivity contribution in [3.05, 3.63) is 94.9 Å². The first-order chi connectivity index (χ1) is 21.4. The van der Waals surface area contributed by atoms with Crippen molar-refractivity contribution in [3.8, 4) is 45.9 Å². The molecule has 0 bridgehead atoms. The van der Waals surface area contributed by atoms with E-state index in [1.807, 2.05) is 23.1 Å². The van der Waals surface area contributed by atoms with E-state index in [1.54, 1.807) is 42.0 Å². The lowest BCUT2D eigenvalue weighted by Crippen LogP contribution is -2.42. The number of phenolic OH excluding ortho intramolecular Hbond substituents is 1. The smallest absolute Gasteiger partial charge is 0.274 e. The third kappa shape index (κ3) is 6.97. The average Bonchev–Trinajstić information content (AvgIpc) is 3.06. The van der Waals surface area contributed by atoms with Gasteiger partial charge in [0.15, 0.2) is 11.5 Å². The van der Waals surface area contributed by atoms with Gasteiger partial charge in [-0.25, -0.2) is 14.9 Å². The Morgan fingerprint density at radius 2 is 1.78 bits per heavy atom. The maximum Gasteiger partial charge on any atom is 0.274 e. The lowest BCUT2D eigenvalue weighted by atomic mass is 9.91. The average molecular weight is 629 g/mol. The van der Waals surface area contributed by atoms with Gasteiger partial charge < -0.3 is 20.1 Å². The van der Waals surface area contributed by atoms with E-state index in [0.29, 0.717) is 53.3 Å². The van der Waals surface area contributed by atoms with E-state index in [4.69, 9.17) is 9.94 Å². The summed E-state index contributed by atoms with van der Waals surface area (Å²) in [7, 11) is 1.45. The molecule has 3 aromatic carbocycles. The molecule has 2 heterocycles. The molecular weight excluding hydrogens is 599 g/mol. The Bertz CT molecular complexity index is 1780. The van der Waals surface area contributed by atoms with Gasteiger partial charge in [-0.1, -0.05) is 24.3 Å². The molecule has 0 radical (unpaired) electrons. The molecule has 1 amide bonds. The molecule has 230 valence electrons. The zero-order chi connectivity index (χ0) is 31.2. The standard InChI is InChI=1S/C33H29FN6O4.ClH/c1-44-30-9-8-22(15-29(30)41)27-19-38-32(26(17-36)31(27)23-6-7-24(16-35)28(34)14-23)40-12-10-25(11-13-40)37-18-20-2-4-21(5-3-20)33(42)39-43;/h2-9,14-15,19,25,37,41,43H,10-13,18H2,1H3,(H,39,42);1H. The summed E-state index contributed by atoms with van der Waals surface area (Å²) >= 11 is 0. The molecule has 5 rings (SSSR count). The molecule has 1 aliphatic heterocycles. The van der Waals surface area contributed by atoms with E-state index in [1.165, 1.54) is 25.3 Å². The fraction of sp³-hybridized carbons (Fsp3) is 0.212. The van der Waals surface area contributed by atoms with Crippen LogP contribution in [0.5, 0.6) is 11.5 Å². The van der Waals surface area contributed by atoms with Crippen molar-refractivity contribution < 1.29 is 24.2 Å². The number of carbonyl (C=O) groups excluding carboxylic acids is 1. The monoisotopic (exact) mass is 628 g/mol. The number of phenols is 1. The molecule has 1 fully saturated rings. The largest absolute Gasteiger partial charge is 0.504 e. The Morgan fingerprint density at radius 3 is 2.38 bits per heavy atom. The van der Waals surface area contributed by atoms with E-state index in [2.05, 4.69) is 16.4 Å². The number of halogens is 2. The van der Waals surface area contributed by atoms with Crippen LogP contribution in [0, 0.1) is 28.5 Å². The number of piperidine rings is 1. The third-order valence-corrected chi connectivity index (χ3v) is 7.75. The maximum absolute atomic E-state index is 14.8. The lowest BCUT2D eigenvalue weighted by molar-refractivity contribution is 0.0706. The number of pyridine rings is 1. The molecule has 4 N–H and O–H groups in total. The van der Waals surface area contributed by atoms with Crippen LogP contribution in [0.3, 0.4) is 0 Å². The van der Waals surface area contributed by atoms with Gasteiger partial charge in [0, 0.05) is 48.6 Å². The minimum atomic E-state index is -0.700. The van der Waals surface area contributed by atoms with Crippen molar-refractivity contribution in [3.63, 3.8) is 0 Å². The molecule has 12 heteroatoms. The second-order valence-corrected chi connectivity index (χ2v) is 10.3. The van der Waals surface area contributed by atoms with Crippen LogP contribution >= 0.6 is 12.4 Å². The molecule has 45 heavy (non-hydrogen) atoms. The van der Waals surface area contributed by atoms with E-state index in [9.17, 15) is 24.8 Å². The predicted octanol–water partition coefficient (Wildman–Crippen LogP) is 5.31. The number of methoxy groups -OCH3 is 1. The van der Waals surface area contributed by atoms with Crippen LogP contribution in [0.2, 0.25) is 0 Å². The number of rotatable bonds is 8. The molecule has 0 atom stereocenters. The minimum absolute atomic E-state index is 0. The van der Waals surface area contributed by atoms with E-state index >= 15 is 0 Å². The minimum Gasteiger partial charge on any atom is -0.504 e. The number of hydrogen-bond acceptors (Lipinski definition) is 9. The highest BCUT2D eigenvalue weighted by atomic mass is 35.5. The Labute approximate surface area is 265 Å². The summed E-state index contributed by atoms with van der Waals surface area (Å²) in [5.74, 6) is -0.595. The topological polar surface area (TPSA) is 155 Å². The summed E-state index contributed by atoms with van der Waals surface area (Å²) in [4.78, 5) is 18.3. The molecule has 1 aliphatic rings. The Hall–Kier alpha value is -5.20. The number of carbonyl (C=O) groups is 1. The van der Waals surface area contributed by atoms with Gasteiger partial charge in [0.05, 0.1) is 12.7 Å².